The van der Waals surface area contributed by atoms with Gasteiger partial charge in [0.2, 0.25) is 0 Å². The maximum absolute atomic E-state index is 10.9. The van der Waals surface area contributed by atoms with Gasteiger partial charge in [-0.05, 0) is 41.0 Å². The van der Waals surface area contributed by atoms with E-state index in [1.807, 2.05) is 22.9 Å². The number of piperazine rings is 1. The molecule has 9 nitrogen and oxygen atoms in total. The molecule has 0 spiro atoms. The van der Waals surface area contributed by atoms with E-state index in [1.54, 1.807) is 12.1 Å². The summed E-state index contributed by atoms with van der Waals surface area (Å²) in [5.41, 5.74) is 2.42. The van der Waals surface area contributed by atoms with Crippen LogP contribution < -0.4 is 4.90 Å². The zero-order chi connectivity index (χ0) is 22.3. The van der Waals surface area contributed by atoms with Crippen LogP contribution in [-0.2, 0) is 13.0 Å². The van der Waals surface area contributed by atoms with Crippen molar-refractivity contribution in [2.24, 2.45) is 0 Å². The van der Waals surface area contributed by atoms with Gasteiger partial charge in [-0.3, -0.25) is 15.0 Å². The number of nitro benzene ring substituents is 1. The number of nitrogens with zero attached hydrogens (tertiary/aromatic N) is 7. The maximum Gasteiger partial charge on any atom is 0.269 e. The van der Waals surface area contributed by atoms with Crippen LogP contribution in [0.2, 0.25) is 0 Å². The summed E-state index contributed by atoms with van der Waals surface area (Å²) in [6.45, 7) is 6.47. The van der Waals surface area contributed by atoms with Crippen LogP contribution in [0.1, 0.15) is 37.2 Å². The third kappa shape index (κ3) is 5.11. The number of benzene rings is 2. The highest BCUT2D eigenvalue weighted by Crippen LogP contribution is 2.27. The average molecular weight is 436 g/mol. The van der Waals surface area contributed by atoms with Gasteiger partial charge in [-0.1, -0.05) is 43.7 Å². The van der Waals surface area contributed by atoms with Crippen molar-refractivity contribution in [1.82, 2.24) is 25.1 Å². The van der Waals surface area contributed by atoms with Gasteiger partial charge in [0.05, 0.1) is 11.0 Å². The fourth-order valence-electron chi connectivity index (χ4n) is 4.31. The van der Waals surface area contributed by atoms with Gasteiger partial charge in [0, 0.05) is 50.5 Å². The smallest absolute Gasteiger partial charge is 0.269 e. The molecule has 3 aromatic rings. The van der Waals surface area contributed by atoms with E-state index in [0.29, 0.717) is 0 Å². The van der Waals surface area contributed by atoms with Gasteiger partial charge in [-0.2, -0.15) is 0 Å². The minimum absolute atomic E-state index is 0.123. The second-order valence-electron chi connectivity index (χ2n) is 8.10. The third-order valence-electron chi connectivity index (χ3n) is 6.06. The molecule has 2 heterocycles. The SMILES string of the molecule is CCCC(c1nnnn1CCc1ccccc1)N1CCN(c2ccc([N+](=O)[O-])cc2)CC1. The largest absolute Gasteiger partial charge is 0.369 e. The molecular weight excluding hydrogens is 406 g/mol. The van der Waals surface area contributed by atoms with E-state index in [0.717, 1.165) is 63.5 Å². The predicted octanol–water partition coefficient (Wildman–Crippen LogP) is 3.49. The van der Waals surface area contributed by atoms with Gasteiger partial charge in [-0.15, -0.1) is 5.10 Å². The van der Waals surface area contributed by atoms with Gasteiger partial charge in [0.1, 0.15) is 0 Å². The van der Waals surface area contributed by atoms with Crippen molar-refractivity contribution < 1.29 is 4.92 Å². The summed E-state index contributed by atoms with van der Waals surface area (Å²) in [5.74, 6) is 0.937. The Morgan fingerprint density at radius 1 is 1.03 bits per heavy atom. The van der Waals surface area contributed by atoms with Crippen LogP contribution in [0.25, 0.3) is 0 Å². The van der Waals surface area contributed by atoms with Gasteiger partial charge in [-0.25, -0.2) is 4.68 Å². The minimum Gasteiger partial charge on any atom is -0.369 e. The van der Waals surface area contributed by atoms with Crippen LogP contribution in [0.5, 0.6) is 0 Å². The van der Waals surface area contributed by atoms with Crippen molar-refractivity contribution in [3.05, 3.63) is 76.1 Å². The van der Waals surface area contributed by atoms with Gasteiger partial charge in [0.25, 0.3) is 5.69 Å². The number of tetrazole rings is 1. The highest BCUT2D eigenvalue weighted by molar-refractivity contribution is 5.51. The van der Waals surface area contributed by atoms with Crippen molar-refractivity contribution in [3.63, 3.8) is 0 Å². The number of anilines is 1. The maximum atomic E-state index is 10.9. The zero-order valence-electron chi connectivity index (χ0n) is 18.4. The Morgan fingerprint density at radius 2 is 1.75 bits per heavy atom. The second kappa shape index (κ2) is 10.3. The van der Waals surface area contributed by atoms with Crippen LogP contribution in [0.3, 0.4) is 0 Å². The summed E-state index contributed by atoms with van der Waals surface area (Å²) in [6, 6.07) is 17.4. The van der Waals surface area contributed by atoms with Crippen LogP contribution in [0, 0.1) is 10.1 Å². The number of aryl methyl sites for hydroxylation is 2. The molecule has 9 heteroatoms. The Labute approximate surface area is 187 Å². The molecule has 1 fully saturated rings. The highest BCUT2D eigenvalue weighted by atomic mass is 16.6. The normalized spacial score (nSPS) is 15.6. The zero-order valence-corrected chi connectivity index (χ0v) is 18.4. The monoisotopic (exact) mass is 435 g/mol. The highest BCUT2D eigenvalue weighted by Gasteiger charge is 2.28. The standard InChI is InChI=1S/C23H29N7O2/c1-2-6-22(23-24-25-26-29(23)14-13-19-7-4-3-5-8-19)28-17-15-27(16-18-28)20-9-11-21(12-10-20)30(31)32/h3-5,7-12,22H,2,6,13-18H2,1H3. The van der Waals surface area contributed by atoms with Crippen LogP contribution >= 0.6 is 0 Å². The lowest BCUT2D eigenvalue weighted by Crippen LogP contribution is -2.48. The molecular formula is C23H29N7O2. The molecule has 168 valence electrons. The molecule has 0 saturated carbocycles. The lowest BCUT2D eigenvalue weighted by atomic mass is 10.1. The molecule has 0 amide bonds. The fraction of sp³-hybridized carbons (Fsp3) is 0.435. The van der Waals surface area contributed by atoms with Crippen molar-refractivity contribution in [3.8, 4) is 0 Å². The number of hydrogen-bond acceptors (Lipinski definition) is 7. The summed E-state index contributed by atoms with van der Waals surface area (Å²) in [7, 11) is 0. The molecule has 1 aliphatic rings. The number of non-ortho nitro benzene ring substituents is 1. The predicted molar refractivity (Wildman–Crippen MR) is 122 cm³/mol. The van der Waals surface area contributed by atoms with Crippen molar-refractivity contribution in [1.29, 1.82) is 0 Å². The first-order valence-electron chi connectivity index (χ1n) is 11.2. The Bertz CT molecular complexity index is 999. The topological polar surface area (TPSA) is 93.2 Å². The summed E-state index contributed by atoms with van der Waals surface area (Å²) in [6.07, 6.45) is 2.95. The molecule has 1 unspecified atom stereocenters. The van der Waals surface area contributed by atoms with E-state index >= 15 is 0 Å². The van der Waals surface area contributed by atoms with Crippen molar-refractivity contribution >= 4 is 11.4 Å². The molecule has 1 saturated heterocycles. The number of aromatic nitrogens is 4. The molecule has 32 heavy (non-hydrogen) atoms. The minimum atomic E-state index is -0.362. The molecule has 0 aliphatic carbocycles. The number of hydrogen-bond donors (Lipinski definition) is 0. The Hall–Kier alpha value is -3.33. The van der Waals surface area contributed by atoms with Crippen molar-refractivity contribution in [2.75, 3.05) is 31.1 Å². The van der Waals surface area contributed by atoms with Crippen LogP contribution in [0.15, 0.2) is 54.6 Å². The summed E-state index contributed by atoms with van der Waals surface area (Å²) in [5, 5.41) is 23.6. The molecule has 0 radical (unpaired) electrons. The van der Waals surface area contributed by atoms with Crippen LogP contribution in [0.4, 0.5) is 11.4 Å². The van der Waals surface area contributed by atoms with E-state index < -0.39 is 0 Å². The lowest BCUT2D eigenvalue weighted by Gasteiger charge is -2.39. The molecule has 0 bridgehead atoms. The molecule has 1 aliphatic heterocycles. The van der Waals surface area contributed by atoms with Gasteiger partial charge < -0.3 is 4.90 Å². The van der Waals surface area contributed by atoms with E-state index in [-0.39, 0.29) is 16.7 Å². The van der Waals surface area contributed by atoms with E-state index in [1.165, 1.54) is 5.56 Å². The fourth-order valence-corrected chi connectivity index (χ4v) is 4.31. The first-order valence-corrected chi connectivity index (χ1v) is 11.2. The lowest BCUT2D eigenvalue weighted by molar-refractivity contribution is -0.384. The summed E-state index contributed by atoms with van der Waals surface area (Å²) < 4.78 is 1.95. The third-order valence-corrected chi connectivity index (χ3v) is 6.06. The summed E-state index contributed by atoms with van der Waals surface area (Å²) >= 11 is 0. The number of nitro groups is 1. The van der Waals surface area contributed by atoms with E-state index in [2.05, 4.69) is 56.5 Å². The van der Waals surface area contributed by atoms with Gasteiger partial charge in [0.15, 0.2) is 5.82 Å². The molecule has 1 atom stereocenters. The molecule has 4 rings (SSSR count). The van der Waals surface area contributed by atoms with Gasteiger partial charge >= 0.3 is 0 Å². The Balaban J connectivity index is 1.41. The first kappa shape index (κ1) is 21.9. The summed E-state index contributed by atoms with van der Waals surface area (Å²) in [4.78, 5) is 15.3. The number of rotatable bonds is 9. The molecule has 2 aromatic carbocycles. The van der Waals surface area contributed by atoms with E-state index in [4.69, 9.17) is 0 Å². The van der Waals surface area contributed by atoms with Crippen molar-refractivity contribution in [2.45, 2.75) is 38.8 Å². The Kier molecular flexibility index (Phi) is 7.06. The molecule has 1 aromatic heterocycles. The second-order valence-corrected chi connectivity index (χ2v) is 8.10. The van der Waals surface area contributed by atoms with E-state index in [9.17, 15) is 10.1 Å². The molecule has 0 N–H and O–H groups in total. The quantitative estimate of drug-likeness (QED) is 0.375. The Morgan fingerprint density at radius 3 is 2.41 bits per heavy atom. The first-order chi connectivity index (χ1) is 15.7. The van der Waals surface area contributed by atoms with Crippen LogP contribution in [-0.4, -0.2) is 56.2 Å². The average Bonchev–Trinajstić information content (AvgIpc) is 3.30.